The van der Waals surface area contributed by atoms with Crippen molar-refractivity contribution >= 4 is 28.1 Å². The van der Waals surface area contributed by atoms with Crippen molar-refractivity contribution in [3.8, 4) is 10.6 Å². The lowest BCUT2D eigenvalue weighted by Gasteiger charge is -2.34. The maximum absolute atomic E-state index is 12.8. The molecule has 5 rings (SSSR count). The van der Waals surface area contributed by atoms with Crippen LogP contribution < -0.4 is 0 Å². The van der Waals surface area contributed by atoms with Gasteiger partial charge in [0.15, 0.2) is 0 Å². The monoisotopic (exact) mass is 416 g/mol. The minimum atomic E-state index is 0.208. The molecule has 1 aliphatic rings. The number of nitrogens with one attached hydrogen (secondary N) is 1. The third-order valence-electron chi connectivity index (χ3n) is 5.70. The number of hydrogen-bond acceptors (Lipinski definition) is 4. The quantitative estimate of drug-likeness (QED) is 0.531. The second-order valence-corrected chi connectivity index (χ2v) is 8.56. The summed E-state index contributed by atoms with van der Waals surface area (Å²) in [6, 6.07) is 18.5. The van der Waals surface area contributed by atoms with E-state index in [1.54, 1.807) is 11.3 Å². The van der Waals surface area contributed by atoms with Gasteiger partial charge in [0.25, 0.3) is 0 Å². The van der Waals surface area contributed by atoms with E-state index in [1.165, 1.54) is 5.56 Å². The average molecular weight is 417 g/mol. The van der Waals surface area contributed by atoms with E-state index >= 15 is 0 Å². The molecule has 30 heavy (non-hydrogen) atoms. The Morgan fingerprint density at radius 1 is 1.00 bits per heavy atom. The Bertz CT molecular complexity index is 1140. The summed E-state index contributed by atoms with van der Waals surface area (Å²) in [6.07, 6.45) is 2.42. The molecule has 1 saturated heterocycles. The molecule has 5 nitrogen and oxygen atoms in total. The molecule has 0 saturated carbocycles. The molecule has 0 aliphatic carbocycles. The van der Waals surface area contributed by atoms with E-state index in [0.717, 1.165) is 59.9 Å². The molecule has 0 bridgehead atoms. The number of nitrogens with zero attached hydrogens (tertiary/aromatic N) is 3. The van der Waals surface area contributed by atoms with E-state index in [1.807, 2.05) is 47.5 Å². The second-order valence-electron chi connectivity index (χ2n) is 7.70. The number of carbonyl (C=O) groups excluding carboxylic acids is 1. The third-order valence-corrected chi connectivity index (χ3v) is 6.64. The minimum Gasteiger partial charge on any atom is -0.361 e. The van der Waals surface area contributed by atoms with Crippen molar-refractivity contribution in [2.75, 3.05) is 26.2 Å². The number of rotatable bonds is 5. The fourth-order valence-corrected chi connectivity index (χ4v) is 4.85. The van der Waals surface area contributed by atoms with E-state index in [4.69, 9.17) is 4.98 Å². The number of para-hydroxylation sites is 1. The van der Waals surface area contributed by atoms with Crippen molar-refractivity contribution in [3.63, 3.8) is 0 Å². The molecular weight excluding hydrogens is 392 g/mol. The summed E-state index contributed by atoms with van der Waals surface area (Å²) in [5.74, 6) is 0.208. The Hall–Kier alpha value is -2.96. The normalized spacial score (nSPS) is 15.0. The van der Waals surface area contributed by atoms with Crippen molar-refractivity contribution in [1.82, 2.24) is 19.8 Å². The largest absolute Gasteiger partial charge is 0.361 e. The molecule has 1 aliphatic heterocycles. The standard InChI is InChI=1S/C24H24N4OS/c29-23(14-19-15-25-22-9-5-4-8-21(19)22)28-12-10-27(11-13-28)16-20-17-30-24(26-20)18-6-2-1-3-7-18/h1-9,15,17,25H,10-14,16H2. The molecule has 6 heteroatoms. The van der Waals surface area contributed by atoms with Gasteiger partial charge in [0.2, 0.25) is 5.91 Å². The van der Waals surface area contributed by atoms with Crippen molar-refractivity contribution in [2.24, 2.45) is 0 Å². The third kappa shape index (κ3) is 4.01. The van der Waals surface area contributed by atoms with Crippen LogP contribution in [0.4, 0.5) is 0 Å². The molecule has 4 aromatic rings. The molecule has 0 unspecified atom stereocenters. The molecule has 0 atom stereocenters. The van der Waals surface area contributed by atoms with Gasteiger partial charge >= 0.3 is 0 Å². The van der Waals surface area contributed by atoms with E-state index in [-0.39, 0.29) is 5.91 Å². The summed E-state index contributed by atoms with van der Waals surface area (Å²) in [4.78, 5) is 25.3. The van der Waals surface area contributed by atoms with Crippen molar-refractivity contribution in [1.29, 1.82) is 0 Å². The number of fused-ring (bicyclic) bond motifs is 1. The number of carbonyl (C=O) groups is 1. The predicted octanol–water partition coefficient (Wildman–Crippen LogP) is 4.18. The highest BCUT2D eigenvalue weighted by Gasteiger charge is 2.22. The number of aromatic amines is 1. The van der Waals surface area contributed by atoms with Gasteiger partial charge in [-0.3, -0.25) is 9.69 Å². The molecule has 152 valence electrons. The lowest BCUT2D eigenvalue weighted by atomic mass is 10.1. The maximum atomic E-state index is 12.8. The van der Waals surface area contributed by atoms with Crippen molar-refractivity contribution in [3.05, 3.63) is 77.4 Å². The number of H-pyrrole nitrogens is 1. The van der Waals surface area contributed by atoms with Gasteiger partial charge in [-0.1, -0.05) is 48.5 Å². The summed E-state index contributed by atoms with van der Waals surface area (Å²) in [7, 11) is 0. The van der Waals surface area contributed by atoms with Crippen LogP contribution in [0.25, 0.3) is 21.5 Å². The average Bonchev–Trinajstić information content (AvgIpc) is 3.42. The topological polar surface area (TPSA) is 52.2 Å². The van der Waals surface area contributed by atoms with Gasteiger partial charge in [-0.2, -0.15) is 0 Å². The number of thiazole rings is 1. The zero-order valence-corrected chi connectivity index (χ0v) is 17.6. The van der Waals surface area contributed by atoms with E-state index < -0.39 is 0 Å². The first-order valence-electron chi connectivity index (χ1n) is 10.3. The van der Waals surface area contributed by atoms with Crippen LogP contribution in [0.2, 0.25) is 0 Å². The summed E-state index contributed by atoms with van der Waals surface area (Å²) in [5, 5.41) is 4.36. The molecule has 0 spiro atoms. The maximum Gasteiger partial charge on any atom is 0.227 e. The van der Waals surface area contributed by atoms with E-state index in [2.05, 4.69) is 33.5 Å². The first kappa shape index (κ1) is 19.0. The number of amides is 1. The predicted molar refractivity (Wildman–Crippen MR) is 121 cm³/mol. The molecular formula is C24H24N4OS. The highest BCUT2D eigenvalue weighted by Crippen LogP contribution is 2.24. The molecule has 1 amide bonds. The molecule has 1 N–H and O–H groups in total. The van der Waals surface area contributed by atoms with Gasteiger partial charge in [-0.05, 0) is 11.6 Å². The molecule has 1 fully saturated rings. The highest BCUT2D eigenvalue weighted by molar-refractivity contribution is 7.13. The highest BCUT2D eigenvalue weighted by atomic mass is 32.1. The van der Waals surface area contributed by atoms with Crippen molar-refractivity contribution < 1.29 is 4.79 Å². The van der Waals surface area contributed by atoms with Crippen LogP contribution >= 0.6 is 11.3 Å². The van der Waals surface area contributed by atoms with Crippen LogP contribution in [0.3, 0.4) is 0 Å². The molecule has 0 radical (unpaired) electrons. The first-order valence-corrected chi connectivity index (χ1v) is 11.2. The lowest BCUT2D eigenvalue weighted by Crippen LogP contribution is -2.48. The number of piperazine rings is 1. The molecule has 2 aromatic heterocycles. The zero-order valence-electron chi connectivity index (χ0n) is 16.8. The van der Waals surface area contributed by atoms with Crippen LogP contribution in [0, 0.1) is 0 Å². The Morgan fingerprint density at radius 3 is 2.60 bits per heavy atom. The summed E-state index contributed by atoms with van der Waals surface area (Å²) < 4.78 is 0. The zero-order chi connectivity index (χ0) is 20.3. The van der Waals surface area contributed by atoms with Gasteiger partial charge in [0.1, 0.15) is 5.01 Å². The Labute approximate surface area is 180 Å². The summed E-state index contributed by atoms with van der Waals surface area (Å²) in [5.41, 5.74) is 4.44. The van der Waals surface area contributed by atoms with Crippen LogP contribution in [0.5, 0.6) is 0 Å². The first-order chi connectivity index (χ1) is 14.8. The van der Waals surface area contributed by atoms with Crippen LogP contribution in [0.15, 0.2) is 66.2 Å². The van der Waals surface area contributed by atoms with Gasteiger partial charge in [0.05, 0.1) is 12.1 Å². The van der Waals surface area contributed by atoms with Gasteiger partial charge in [-0.15, -0.1) is 11.3 Å². The SMILES string of the molecule is O=C(Cc1c[nH]c2ccccc12)N1CCN(Cc2csc(-c3ccccc3)n2)CC1. The van der Waals surface area contributed by atoms with Crippen molar-refractivity contribution in [2.45, 2.75) is 13.0 Å². The number of aromatic nitrogens is 2. The molecule has 3 heterocycles. The fraction of sp³-hybridized carbons (Fsp3) is 0.250. The Kier molecular flexibility index (Phi) is 5.34. The number of hydrogen-bond donors (Lipinski definition) is 1. The van der Waals surface area contributed by atoms with E-state index in [9.17, 15) is 4.79 Å². The Balaban J connectivity index is 1.16. The van der Waals surface area contributed by atoms with Crippen LogP contribution in [0.1, 0.15) is 11.3 Å². The van der Waals surface area contributed by atoms with Gasteiger partial charge in [0, 0.05) is 60.8 Å². The number of benzene rings is 2. The minimum absolute atomic E-state index is 0.208. The van der Waals surface area contributed by atoms with Gasteiger partial charge < -0.3 is 9.88 Å². The lowest BCUT2D eigenvalue weighted by molar-refractivity contribution is -0.132. The summed E-state index contributed by atoms with van der Waals surface area (Å²) in [6.45, 7) is 4.16. The van der Waals surface area contributed by atoms with Gasteiger partial charge in [-0.25, -0.2) is 4.98 Å². The fourth-order valence-electron chi connectivity index (χ4n) is 4.03. The smallest absolute Gasteiger partial charge is 0.227 e. The van der Waals surface area contributed by atoms with E-state index in [0.29, 0.717) is 6.42 Å². The summed E-state index contributed by atoms with van der Waals surface area (Å²) >= 11 is 1.69. The Morgan fingerprint density at radius 2 is 1.77 bits per heavy atom. The molecule has 2 aromatic carbocycles. The van der Waals surface area contributed by atoms with Crippen LogP contribution in [-0.2, 0) is 17.8 Å². The van der Waals surface area contributed by atoms with Crippen LogP contribution in [-0.4, -0.2) is 51.9 Å². The second kappa shape index (κ2) is 8.42.